The molecule has 0 aromatic rings. The second kappa shape index (κ2) is 77.3. The molecular weight excluding hydrogens is 732 g/mol. The van der Waals surface area contributed by atoms with Gasteiger partial charge in [0.2, 0.25) is 0 Å². The average molecular weight is 760 g/mol. The highest BCUT2D eigenvalue weighted by molar-refractivity contribution is 5.55. The van der Waals surface area contributed by atoms with Crippen LogP contribution in [-0.2, 0) is 0 Å². The lowest BCUT2D eigenvalue weighted by Crippen LogP contribution is -1.81. The van der Waals surface area contributed by atoms with Gasteiger partial charge in [-0.2, -0.15) is 0 Å². The Morgan fingerprint density at radius 3 is 0.143 bits per heavy atom. The van der Waals surface area contributed by atoms with E-state index in [4.69, 9.17) is 180 Å². The molecule has 0 atom stereocenters. The quantitative estimate of drug-likeness (QED) is 0.168. The minimum Gasteiger partial charge on any atom is -0.450 e. The van der Waals surface area contributed by atoms with Gasteiger partial charge in [0.25, 0.3) is 0 Å². The predicted octanol–water partition coefficient (Wildman–Crippen LogP) is 3.30. The number of hydrogen-bond donors (Lipinski definition) is 24. The van der Waals surface area contributed by atoms with E-state index in [-0.39, 0.29) is 7.43 Å². The van der Waals surface area contributed by atoms with Gasteiger partial charge in [0.1, 0.15) is 0 Å². The van der Waals surface area contributed by atoms with E-state index < -0.39 is 73.9 Å². The van der Waals surface area contributed by atoms with Crippen molar-refractivity contribution in [2.24, 2.45) is 0 Å². The van der Waals surface area contributed by atoms with Crippen LogP contribution in [-0.4, -0.2) is 196 Å². The van der Waals surface area contributed by atoms with Gasteiger partial charge in [0, 0.05) is 0 Å². The molecule has 0 rings (SSSR count). The Kier molecular flexibility index (Phi) is 132. The molecule has 0 aliphatic heterocycles. The highest BCUT2D eigenvalue weighted by atomic mass is 16.6. The van der Waals surface area contributed by atoms with Gasteiger partial charge in [0.05, 0.1) is 0 Å². The van der Waals surface area contributed by atoms with Crippen molar-refractivity contribution in [2.45, 2.75) is 7.43 Å². The van der Waals surface area contributed by atoms with Crippen molar-refractivity contribution < 1.29 is 180 Å². The molecule has 0 aromatic heterocycles. The number of carbonyl (C=O) groups is 12. The van der Waals surface area contributed by atoms with Crippen molar-refractivity contribution in [2.75, 3.05) is 0 Å². The Bertz CT molecular complexity index is 575. The summed E-state index contributed by atoms with van der Waals surface area (Å²) in [5.74, 6) is 0. The second-order valence-corrected chi connectivity index (χ2v) is 3.39. The molecule has 0 saturated heterocycles. The Balaban J connectivity index is -0.0000000262. The van der Waals surface area contributed by atoms with E-state index in [9.17, 15) is 0 Å². The molecule has 0 radical (unpaired) electrons. The summed E-state index contributed by atoms with van der Waals surface area (Å²) in [6.07, 6.45) is -22.0. The van der Waals surface area contributed by atoms with Crippen molar-refractivity contribution >= 4 is 73.9 Å². The molecule has 0 bridgehead atoms. The van der Waals surface area contributed by atoms with E-state index in [0.29, 0.717) is 0 Å². The summed E-state index contributed by atoms with van der Waals surface area (Å²) >= 11 is 0. The highest BCUT2D eigenvalue weighted by Crippen LogP contribution is 1.47. The van der Waals surface area contributed by atoms with Crippen molar-refractivity contribution in [3.8, 4) is 0 Å². The molecule has 0 fully saturated rings. The van der Waals surface area contributed by atoms with Gasteiger partial charge in [-0.1, -0.05) is 7.43 Å². The van der Waals surface area contributed by atoms with E-state index in [0.717, 1.165) is 0 Å². The molecule has 0 aliphatic rings. The summed E-state index contributed by atoms with van der Waals surface area (Å²) in [6.45, 7) is 0. The molecule has 0 saturated carbocycles. The van der Waals surface area contributed by atoms with E-state index in [1.807, 2.05) is 0 Å². The maximum atomic E-state index is 8.56. The largest absolute Gasteiger partial charge is 0.503 e. The summed E-state index contributed by atoms with van der Waals surface area (Å²) in [5, 5.41) is 167. The summed E-state index contributed by atoms with van der Waals surface area (Å²) in [7, 11) is 0. The van der Waals surface area contributed by atoms with Crippen molar-refractivity contribution in [1.82, 2.24) is 0 Å². The molecule has 0 amide bonds. The van der Waals surface area contributed by atoms with Crippen molar-refractivity contribution in [3.05, 3.63) is 0 Å². The third-order valence-electron chi connectivity index (χ3n) is 0. The van der Waals surface area contributed by atoms with Crippen molar-refractivity contribution in [1.29, 1.82) is 0 Å². The molecule has 296 valence electrons. The number of carboxylic acid groups (broad SMARTS) is 24. The van der Waals surface area contributed by atoms with E-state index in [2.05, 4.69) is 0 Å². The first kappa shape index (κ1) is 83.5. The van der Waals surface area contributed by atoms with Gasteiger partial charge < -0.3 is 123 Å². The smallest absolute Gasteiger partial charge is 0.450 e. The minimum absolute atomic E-state index is 0. The van der Waals surface area contributed by atoms with E-state index in [1.54, 1.807) is 0 Å². The maximum absolute atomic E-state index is 8.56. The van der Waals surface area contributed by atoms with Gasteiger partial charge in [-0.3, -0.25) is 0 Å². The lowest BCUT2D eigenvalue weighted by molar-refractivity contribution is 0.135. The number of rotatable bonds is 0. The standard InChI is InChI=1S/12CH2O3.CH4/c12*2-1(3)4;/h12*(H2,2,3,4);1H4. The Morgan fingerprint density at radius 2 is 0.143 bits per heavy atom. The lowest BCUT2D eigenvalue weighted by atomic mass is 11.5. The maximum Gasteiger partial charge on any atom is 0.503 e. The van der Waals surface area contributed by atoms with Crippen LogP contribution in [0.4, 0.5) is 57.5 Å². The third kappa shape index (κ3) is 709. The van der Waals surface area contributed by atoms with Crippen LogP contribution in [0.25, 0.3) is 0 Å². The highest BCUT2D eigenvalue weighted by Gasteiger charge is 1.74. The van der Waals surface area contributed by atoms with Gasteiger partial charge >= 0.3 is 73.9 Å². The first-order chi connectivity index (χ1) is 20.8. The zero-order valence-electron chi connectivity index (χ0n) is 21.6. The third-order valence-corrected chi connectivity index (χ3v) is 0. The zero-order chi connectivity index (χ0) is 42.9. The average Bonchev–Trinajstić information content (AvgIpc) is 2.61. The molecule has 0 heterocycles. The molecule has 36 heteroatoms. The predicted molar refractivity (Wildman–Crippen MR) is 135 cm³/mol. The normalized spacial score (nSPS) is 5.88. The van der Waals surface area contributed by atoms with Crippen molar-refractivity contribution in [3.63, 3.8) is 0 Å². The van der Waals surface area contributed by atoms with Gasteiger partial charge in [-0.05, 0) is 0 Å². The summed E-state index contributed by atoms with van der Waals surface area (Å²) in [4.78, 5) is 103. The lowest BCUT2D eigenvalue weighted by Gasteiger charge is -1.60. The minimum atomic E-state index is -1.83. The fraction of sp³-hybridized carbons (Fsp3) is 0.0769. The first-order valence-electron chi connectivity index (χ1n) is 7.82. The van der Waals surface area contributed by atoms with Crippen LogP contribution in [0.15, 0.2) is 0 Å². The topological polar surface area (TPSA) is 690 Å². The van der Waals surface area contributed by atoms with Crippen LogP contribution >= 0.6 is 0 Å². The molecule has 0 aliphatic carbocycles. The van der Waals surface area contributed by atoms with E-state index in [1.165, 1.54) is 0 Å². The SMILES string of the molecule is C.O=C(O)O.O=C(O)O.O=C(O)O.O=C(O)O.O=C(O)O.O=C(O)O.O=C(O)O.O=C(O)O.O=C(O)O.O=C(O)O.O=C(O)O.O=C(O)O. The fourth-order valence-electron chi connectivity index (χ4n) is 0. The van der Waals surface area contributed by atoms with Crippen LogP contribution < -0.4 is 0 Å². The molecule has 36 nitrogen and oxygen atoms in total. The van der Waals surface area contributed by atoms with Crippen LogP contribution in [0.5, 0.6) is 0 Å². The summed E-state index contributed by atoms with van der Waals surface area (Å²) in [6, 6.07) is 0. The Labute approximate surface area is 262 Å². The number of hydrogen-bond acceptors (Lipinski definition) is 12. The Hall–Kier alpha value is -8.76. The summed E-state index contributed by atoms with van der Waals surface area (Å²) < 4.78 is 0. The molecule has 0 aromatic carbocycles. The van der Waals surface area contributed by atoms with Gasteiger partial charge in [-0.25, -0.2) is 57.5 Å². The van der Waals surface area contributed by atoms with Gasteiger partial charge in [-0.15, -0.1) is 0 Å². The molecular formula is C13H28O36. The molecule has 0 spiro atoms. The fourth-order valence-corrected chi connectivity index (χ4v) is 0. The first-order valence-corrected chi connectivity index (χ1v) is 7.82. The van der Waals surface area contributed by atoms with Crippen LogP contribution in [0, 0.1) is 0 Å². The second-order valence-electron chi connectivity index (χ2n) is 3.39. The van der Waals surface area contributed by atoms with Crippen LogP contribution in [0.3, 0.4) is 0 Å². The molecule has 49 heavy (non-hydrogen) atoms. The van der Waals surface area contributed by atoms with Gasteiger partial charge in [0.15, 0.2) is 0 Å². The van der Waals surface area contributed by atoms with E-state index >= 15 is 0 Å². The molecule has 24 N–H and O–H groups in total. The summed E-state index contributed by atoms with van der Waals surface area (Å²) in [5.41, 5.74) is 0. The van der Waals surface area contributed by atoms with Crippen LogP contribution in [0.2, 0.25) is 0 Å². The van der Waals surface area contributed by atoms with Crippen LogP contribution in [0.1, 0.15) is 7.43 Å². The molecule has 0 unspecified atom stereocenters. The zero-order valence-corrected chi connectivity index (χ0v) is 21.6. The monoisotopic (exact) mass is 760 g/mol. The Morgan fingerprint density at radius 1 is 0.143 bits per heavy atom.